The summed E-state index contributed by atoms with van der Waals surface area (Å²) in [5.74, 6) is -2.29. The van der Waals surface area contributed by atoms with Crippen molar-refractivity contribution in [2.75, 3.05) is 20.7 Å². The van der Waals surface area contributed by atoms with Crippen LogP contribution in [0.5, 0.6) is 0 Å². The van der Waals surface area contributed by atoms with Gasteiger partial charge in [0.15, 0.2) is 6.10 Å². The summed E-state index contributed by atoms with van der Waals surface area (Å²) in [7, 11) is 3.06. The van der Waals surface area contributed by atoms with Crippen molar-refractivity contribution in [2.24, 2.45) is 17.8 Å². The Bertz CT molecular complexity index is 1480. The molecule has 1 aromatic heterocycles. The molecule has 13 heteroatoms. The van der Waals surface area contributed by atoms with Gasteiger partial charge in [-0.25, -0.2) is 4.98 Å². The van der Waals surface area contributed by atoms with Gasteiger partial charge in [-0.3, -0.25) is 24.0 Å². The monoisotopic (exact) mass is 727 g/mol. The summed E-state index contributed by atoms with van der Waals surface area (Å²) < 4.78 is 10.7. The van der Waals surface area contributed by atoms with Gasteiger partial charge in [0.1, 0.15) is 16.7 Å². The van der Waals surface area contributed by atoms with Gasteiger partial charge in [-0.15, -0.1) is 11.3 Å². The molecule has 0 aliphatic carbocycles. The third-order valence-electron chi connectivity index (χ3n) is 9.95. The zero-order valence-electron chi connectivity index (χ0n) is 31.6. The highest BCUT2D eigenvalue weighted by molar-refractivity contribution is 7.09. The molecule has 1 aromatic carbocycles. The van der Waals surface area contributed by atoms with Crippen LogP contribution in [-0.4, -0.2) is 83.9 Å². The molecular formula is C38H57N5O7S. The Morgan fingerprint density at radius 2 is 1.75 bits per heavy atom. The summed E-state index contributed by atoms with van der Waals surface area (Å²) in [6.45, 7) is 13.6. The van der Waals surface area contributed by atoms with E-state index in [9.17, 15) is 24.0 Å². The molecule has 3 rings (SSSR count). The summed E-state index contributed by atoms with van der Waals surface area (Å²) in [4.78, 5) is 71.9. The first-order valence-corrected chi connectivity index (χ1v) is 18.9. The Labute approximate surface area is 306 Å². The highest BCUT2D eigenvalue weighted by Gasteiger charge is 2.41. The molecule has 2 heterocycles. The molecule has 7 atom stereocenters. The molecule has 51 heavy (non-hydrogen) atoms. The Balaban J connectivity index is 1.82. The summed E-state index contributed by atoms with van der Waals surface area (Å²) >= 11 is 1.20. The fourth-order valence-corrected chi connectivity index (χ4v) is 7.41. The van der Waals surface area contributed by atoms with E-state index in [1.807, 2.05) is 65.0 Å². The minimum atomic E-state index is -0.825. The molecule has 0 spiro atoms. The number of esters is 2. The predicted octanol–water partition coefficient (Wildman–Crippen LogP) is 4.83. The molecule has 1 fully saturated rings. The van der Waals surface area contributed by atoms with Gasteiger partial charge in [0.25, 0.3) is 5.91 Å². The average molecular weight is 728 g/mol. The van der Waals surface area contributed by atoms with Crippen LogP contribution >= 0.6 is 11.3 Å². The molecule has 1 aliphatic heterocycles. The number of nitrogens with one attached hydrogen (secondary N) is 3. The number of nitrogens with zero attached hydrogens (tertiary/aromatic N) is 2. The fraction of sp³-hybridized carbons (Fsp3) is 0.632. The lowest BCUT2D eigenvalue weighted by molar-refractivity contribution is -0.149. The maximum Gasteiger partial charge on any atom is 0.308 e. The van der Waals surface area contributed by atoms with Gasteiger partial charge in [-0.1, -0.05) is 71.4 Å². The van der Waals surface area contributed by atoms with E-state index in [2.05, 4.69) is 20.9 Å². The van der Waals surface area contributed by atoms with Crippen molar-refractivity contribution in [2.45, 2.75) is 117 Å². The summed E-state index contributed by atoms with van der Waals surface area (Å²) in [6.07, 6.45) is 2.56. The Hall–Kier alpha value is -3.84. The van der Waals surface area contributed by atoms with Crippen LogP contribution in [-0.2, 0) is 35.1 Å². The van der Waals surface area contributed by atoms with Gasteiger partial charge < -0.3 is 30.3 Å². The van der Waals surface area contributed by atoms with Crippen molar-refractivity contribution in [1.29, 1.82) is 0 Å². The van der Waals surface area contributed by atoms with Crippen LogP contribution in [0.2, 0.25) is 0 Å². The first-order valence-electron chi connectivity index (χ1n) is 18.0. The number of hydrogen-bond donors (Lipinski definition) is 3. The van der Waals surface area contributed by atoms with Crippen LogP contribution in [0.3, 0.4) is 0 Å². The zero-order valence-corrected chi connectivity index (χ0v) is 32.4. The van der Waals surface area contributed by atoms with Crippen LogP contribution in [0.4, 0.5) is 0 Å². The number of hydrogen-bond acceptors (Lipinski definition) is 10. The topological polar surface area (TPSA) is 156 Å². The lowest BCUT2D eigenvalue weighted by atomic mass is 9.92. The second kappa shape index (κ2) is 19.1. The SMILES string of the molecule is CCC(C)[C@H](NC(=O)[C@@]1(C)CCCN1)C(=O)N(C)[C@H](C[C@@H](OC(C)=O)c1nc(C(=O)N[C@@H](Cc2ccccc2)C[C@H](C)C(=O)OC)cs1)C(C)C. The maximum atomic E-state index is 14.1. The maximum absolute atomic E-state index is 14.1. The first-order chi connectivity index (χ1) is 24.1. The number of ether oxygens (including phenoxy) is 2. The molecule has 3 N–H and O–H groups in total. The van der Waals surface area contributed by atoms with Crippen LogP contribution in [0.25, 0.3) is 0 Å². The molecule has 1 aliphatic rings. The summed E-state index contributed by atoms with van der Waals surface area (Å²) in [6, 6.07) is 8.19. The van der Waals surface area contributed by atoms with Crippen molar-refractivity contribution in [3.8, 4) is 0 Å². The summed E-state index contributed by atoms with van der Waals surface area (Å²) in [5, 5.41) is 11.4. The van der Waals surface area contributed by atoms with E-state index in [0.717, 1.165) is 18.5 Å². The number of amides is 3. The zero-order chi connectivity index (χ0) is 37.9. The van der Waals surface area contributed by atoms with Crippen molar-refractivity contribution in [3.63, 3.8) is 0 Å². The first kappa shape index (κ1) is 41.6. The van der Waals surface area contributed by atoms with Gasteiger partial charge in [0, 0.05) is 37.9 Å². The van der Waals surface area contributed by atoms with Crippen LogP contribution in [0.1, 0.15) is 108 Å². The fourth-order valence-electron chi connectivity index (χ4n) is 6.57. The standard InChI is InChI=1S/C38H57N5O7S/c1-10-24(4)32(42-37(48)38(7)17-14-18-39-38)35(46)43(8)30(23(2)3)21-31(50-26(6)44)34-41-29(22-51-34)33(45)40-28(19-25(5)36(47)49-9)20-27-15-12-11-13-16-27/h11-13,15-16,22-25,28,30-32,39H,10,14,17-21H2,1-9H3,(H,40,45)(H,42,48)/t24?,25-,28+,30+,31+,32-,38+/m0/s1. The molecule has 3 amide bonds. The van der Waals surface area contributed by atoms with Crippen molar-refractivity contribution in [3.05, 3.63) is 52.0 Å². The number of carbonyl (C=O) groups is 5. The van der Waals surface area contributed by atoms with E-state index in [1.165, 1.54) is 25.4 Å². The van der Waals surface area contributed by atoms with Crippen molar-refractivity contribution in [1.82, 2.24) is 25.8 Å². The Morgan fingerprint density at radius 1 is 1.06 bits per heavy atom. The highest BCUT2D eigenvalue weighted by Crippen LogP contribution is 2.31. The van der Waals surface area contributed by atoms with Crippen LogP contribution in [0, 0.1) is 17.8 Å². The highest BCUT2D eigenvalue weighted by atomic mass is 32.1. The van der Waals surface area contributed by atoms with Gasteiger partial charge in [0.05, 0.1) is 18.6 Å². The summed E-state index contributed by atoms with van der Waals surface area (Å²) in [5.41, 5.74) is 0.444. The quantitative estimate of drug-likeness (QED) is 0.183. The van der Waals surface area contributed by atoms with Gasteiger partial charge in [-0.2, -0.15) is 0 Å². The molecule has 0 bridgehead atoms. The average Bonchev–Trinajstić information content (AvgIpc) is 3.78. The molecule has 0 saturated carbocycles. The van der Waals surface area contributed by atoms with Crippen molar-refractivity contribution < 1.29 is 33.4 Å². The van der Waals surface area contributed by atoms with Crippen molar-refractivity contribution >= 4 is 41.0 Å². The number of aromatic nitrogens is 1. The normalized spacial score (nSPS) is 19.3. The van der Waals surface area contributed by atoms with Crippen LogP contribution in [0.15, 0.2) is 35.7 Å². The molecule has 1 unspecified atom stereocenters. The van der Waals surface area contributed by atoms with E-state index < -0.39 is 35.5 Å². The van der Waals surface area contributed by atoms with E-state index in [-0.39, 0.29) is 53.8 Å². The molecule has 12 nitrogen and oxygen atoms in total. The third-order valence-corrected chi connectivity index (χ3v) is 10.9. The minimum absolute atomic E-state index is 0.0439. The van der Waals surface area contributed by atoms with Crippen LogP contribution < -0.4 is 16.0 Å². The minimum Gasteiger partial charge on any atom is -0.469 e. The smallest absolute Gasteiger partial charge is 0.308 e. The second-order valence-corrected chi connectivity index (χ2v) is 15.3. The molecule has 2 aromatic rings. The molecular weight excluding hydrogens is 671 g/mol. The van der Waals surface area contributed by atoms with Gasteiger partial charge >= 0.3 is 11.9 Å². The second-order valence-electron chi connectivity index (χ2n) is 14.4. The Kier molecular flexibility index (Phi) is 15.6. The number of rotatable bonds is 18. The molecule has 0 radical (unpaired) electrons. The number of methoxy groups -OCH3 is 1. The number of likely N-dealkylation sites (N-methyl/N-ethyl adjacent to an activating group) is 1. The third kappa shape index (κ3) is 11.6. The van der Waals surface area contributed by atoms with E-state index >= 15 is 0 Å². The number of thiazole rings is 1. The Morgan fingerprint density at radius 3 is 2.31 bits per heavy atom. The van der Waals surface area contributed by atoms with E-state index in [4.69, 9.17) is 9.47 Å². The lowest BCUT2D eigenvalue weighted by Gasteiger charge is -2.37. The number of carbonyl (C=O) groups excluding carboxylic acids is 5. The van der Waals surface area contributed by atoms with E-state index in [1.54, 1.807) is 24.3 Å². The van der Waals surface area contributed by atoms with Gasteiger partial charge in [0.2, 0.25) is 11.8 Å². The predicted molar refractivity (Wildman–Crippen MR) is 197 cm³/mol. The van der Waals surface area contributed by atoms with E-state index in [0.29, 0.717) is 30.7 Å². The lowest BCUT2D eigenvalue weighted by Crippen LogP contribution is -2.60. The molecule has 1 saturated heterocycles. The largest absolute Gasteiger partial charge is 0.469 e. The van der Waals surface area contributed by atoms with Gasteiger partial charge in [-0.05, 0) is 56.6 Å². The molecule has 282 valence electrons. The number of benzene rings is 1.